The maximum atomic E-state index is 15.0. The third kappa shape index (κ3) is 5.32. The van der Waals surface area contributed by atoms with E-state index >= 15 is 0 Å². The largest absolute Gasteiger partial charge is 0.368 e. The van der Waals surface area contributed by atoms with E-state index in [2.05, 4.69) is 12.2 Å². The van der Waals surface area contributed by atoms with Crippen molar-refractivity contribution in [1.29, 1.82) is 0 Å². The monoisotopic (exact) mass is 498 g/mol. The van der Waals surface area contributed by atoms with Gasteiger partial charge in [0.25, 0.3) is 0 Å². The molecule has 192 valence electrons. The summed E-state index contributed by atoms with van der Waals surface area (Å²) in [5.74, 6) is -2.24. The van der Waals surface area contributed by atoms with Crippen LogP contribution in [0.25, 0.3) is 6.08 Å². The maximum Gasteiger partial charge on any atom is 0.166 e. The number of allylic oxidation sites excluding steroid dienone is 3. The number of benzene rings is 2. The minimum absolute atomic E-state index is 0.0327. The lowest BCUT2D eigenvalue weighted by Gasteiger charge is -2.28. The second kappa shape index (κ2) is 10.9. The van der Waals surface area contributed by atoms with Crippen LogP contribution in [0.4, 0.5) is 17.6 Å². The van der Waals surface area contributed by atoms with Gasteiger partial charge >= 0.3 is 0 Å². The lowest BCUT2D eigenvalue weighted by atomic mass is 9.77. The fourth-order valence-corrected chi connectivity index (χ4v) is 6.15. The quantitative estimate of drug-likeness (QED) is 0.220. The van der Waals surface area contributed by atoms with Gasteiger partial charge in [0.2, 0.25) is 0 Å². The molecule has 1 aliphatic heterocycles. The molecule has 0 aromatic heterocycles. The first-order valence-electron chi connectivity index (χ1n) is 13.3. The summed E-state index contributed by atoms with van der Waals surface area (Å²) >= 11 is 0. The topological polar surface area (TPSA) is 12.5 Å². The summed E-state index contributed by atoms with van der Waals surface area (Å²) in [5, 5.41) is 0. The van der Waals surface area contributed by atoms with E-state index in [0.29, 0.717) is 29.2 Å². The molecule has 2 aromatic carbocycles. The zero-order valence-electron chi connectivity index (χ0n) is 20.8. The first-order chi connectivity index (χ1) is 17.5. The van der Waals surface area contributed by atoms with Crippen LogP contribution in [-0.4, -0.2) is 6.61 Å². The highest BCUT2D eigenvalue weighted by Gasteiger charge is 2.32. The molecule has 1 saturated heterocycles. The lowest BCUT2D eigenvalue weighted by molar-refractivity contribution is 0.361. The number of halogens is 4. The molecule has 0 amide bonds. The first-order valence-corrected chi connectivity index (χ1v) is 13.3. The van der Waals surface area contributed by atoms with Gasteiger partial charge in [-0.1, -0.05) is 48.6 Å². The molecule has 3 aliphatic rings. The summed E-state index contributed by atoms with van der Waals surface area (Å²) in [4.78, 5) is 0. The Morgan fingerprint density at radius 2 is 1.11 bits per heavy atom. The number of rotatable bonds is 6. The van der Waals surface area contributed by atoms with Gasteiger partial charge in [-0.05, 0) is 93.1 Å². The highest BCUT2D eigenvalue weighted by molar-refractivity contribution is 5.52. The summed E-state index contributed by atoms with van der Waals surface area (Å²) in [7, 11) is 0. The normalized spacial score (nSPS) is 28.8. The van der Waals surface area contributed by atoms with Gasteiger partial charge in [-0.15, -0.1) is 0 Å². The van der Waals surface area contributed by atoms with Crippen LogP contribution in [0.5, 0.6) is 0 Å². The Hall–Kier alpha value is -2.40. The molecule has 2 saturated carbocycles. The average Bonchev–Trinajstić information content (AvgIpc) is 3.73. The smallest absolute Gasteiger partial charge is 0.166 e. The summed E-state index contributed by atoms with van der Waals surface area (Å²) in [5.41, 5.74) is 1.50. The zero-order valence-corrected chi connectivity index (χ0v) is 20.8. The van der Waals surface area contributed by atoms with Gasteiger partial charge in [-0.3, -0.25) is 0 Å². The van der Waals surface area contributed by atoms with E-state index in [1.807, 2.05) is 13.0 Å². The number of epoxide rings is 1. The van der Waals surface area contributed by atoms with Crippen LogP contribution in [-0.2, 0) is 4.74 Å². The minimum atomic E-state index is -0.788. The zero-order chi connectivity index (χ0) is 25.2. The Bertz CT molecular complexity index is 1130. The highest BCUT2D eigenvalue weighted by Crippen LogP contribution is 2.41. The molecule has 2 aromatic rings. The van der Waals surface area contributed by atoms with Crippen molar-refractivity contribution in [3.05, 3.63) is 88.0 Å². The molecule has 1 heterocycles. The lowest BCUT2D eigenvalue weighted by Crippen LogP contribution is -2.14. The van der Waals surface area contributed by atoms with E-state index in [0.717, 1.165) is 51.4 Å². The Balaban J connectivity index is 1.19. The molecule has 5 heteroatoms. The molecular weight excluding hydrogens is 464 g/mol. The molecular formula is C31H34F4O. The van der Waals surface area contributed by atoms with Crippen LogP contribution in [0, 0.1) is 35.1 Å². The van der Waals surface area contributed by atoms with Crippen LogP contribution in [0.1, 0.15) is 98.5 Å². The molecule has 0 bridgehead atoms. The van der Waals surface area contributed by atoms with E-state index in [9.17, 15) is 17.6 Å². The van der Waals surface area contributed by atoms with Gasteiger partial charge in [0, 0.05) is 11.1 Å². The predicted octanol–water partition coefficient (Wildman–Crippen LogP) is 9.15. The molecule has 1 nitrogen and oxygen atoms in total. The van der Waals surface area contributed by atoms with E-state index in [1.54, 1.807) is 30.3 Å². The van der Waals surface area contributed by atoms with Gasteiger partial charge in [0.15, 0.2) is 23.3 Å². The van der Waals surface area contributed by atoms with Crippen molar-refractivity contribution in [3.63, 3.8) is 0 Å². The molecule has 1 unspecified atom stereocenters. The Morgan fingerprint density at radius 3 is 1.67 bits per heavy atom. The van der Waals surface area contributed by atoms with Crippen molar-refractivity contribution >= 4 is 6.08 Å². The number of ether oxygens (including phenoxy) is 1. The third-order valence-corrected chi connectivity index (χ3v) is 8.40. The van der Waals surface area contributed by atoms with Crippen LogP contribution >= 0.6 is 0 Å². The van der Waals surface area contributed by atoms with E-state index in [-0.39, 0.29) is 29.4 Å². The fourth-order valence-electron chi connectivity index (χ4n) is 6.15. The van der Waals surface area contributed by atoms with Gasteiger partial charge in [0.1, 0.15) is 6.10 Å². The summed E-state index contributed by atoms with van der Waals surface area (Å²) in [6, 6.07) is 6.79. The van der Waals surface area contributed by atoms with Crippen LogP contribution in [0.3, 0.4) is 0 Å². The van der Waals surface area contributed by atoms with Gasteiger partial charge < -0.3 is 4.74 Å². The van der Waals surface area contributed by atoms with Gasteiger partial charge in [-0.2, -0.15) is 0 Å². The van der Waals surface area contributed by atoms with Crippen molar-refractivity contribution in [2.75, 3.05) is 6.61 Å². The van der Waals surface area contributed by atoms with E-state index in [4.69, 9.17) is 4.74 Å². The second-order valence-electron chi connectivity index (χ2n) is 10.7. The van der Waals surface area contributed by atoms with Crippen LogP contribution in [0.2, 0.25) is 0 Å². The summed E-state index contributed by atoms with van der Waals surface area (Å²) in [6.45, 7) is 2.46. The number of hydrogen-bond donors (Lipinski definition) is 0. The van der Waals surface area contributed by atoms with Crippen molar-refractivity contribution in [1.82, 2.24) is 0 Å². The van der Waals surface area contributed by atoms with Crippen LogP contribution < -0.4 is 0 Å². The molecule has 0 radical (unpaired) electrons. The van der Waals surface area contributed by atoms with Crippen LogP contribution in [0.15, 0.2) is 42.5 Å². The Kier molecular flexibility index (Phi) is 7.66. The SMILES string of the molecule is C/C=C/C1CCC(c2ccc(/C=C/C3CCC(c4ccc(C5CO5)c(F)c4F)CC3)c(F)c2F)CC1. The fraction of sp³-hybridized carbons (Fsp3) is 0.484. The second-order valence-corrected chi connectivity index (χ2v) is 10.7. The highest BCUT2D eigenvalue weighted by atomic mass is 19.2. The third-order valence-electron chi connectivity index (χ3n) is 8.40. The average molecular weight is 499 g/mol. The van der Waals surface area contributed by atoms with Gasteiger partial charge in [0.05, 0.1) is 6.61 Å². The molecule has 0 spiro atoms. The molecule has 3 fully saturated rings. The molecule has 36 heavy (non-hydrogen) atoms. The molecule has 1 atom stereocenters. The Labute approximate surface area is 211 Å². The number of hydrogen-bond acceptors (Lipinski definition) is 1. The van der Waals surface area contributed by atoms with Crippen molar-refractivity contribution in [3.8, 4) is 0 Å². The predicted molar refractivity (Wildman–Crippen MR) is 135 cm³/mol. The van der Waals surface area contributed by atoms with E-state index < -0.39 is 23.3 Å². The first kappa shape index (κ1) is 25.3. The van der Waals surface area contributed by atoms with Gasteiger partial charge in [-0.25, -0.2) is 17.6 Å². The van der Waals surface area contributed by atoms with Crippen molar-refractivity contribution in [2.45, 2.75) is 76.2 Å². The van der Waals surface area contributed by atoms with E-state index in [1.165, 1.54) is 0 Å². The summed E-state index contributed by atoms with van der Waals surface area (Å²) in [6.07, 6.45) is 14.4. The molecule has 0 N–H and O–H groups in total. The maximum absolute atomic E-state index is 15.0. The Morgan fingerprint density at radius 1 is 0.639 bits per heavy atom. The molecule has 2 aliphatic carbocycles. The minimum Gasteiger partial charge on any atom is -0.368 e. The van der Waals surface area contributed by atoms with Crippen molar-refractivity contribution < 1.29 is 22.3 Å². The summed E-state index contributed by atoms with van der Waals surface area (Å²) < 4.78 is 64.1. The molecule has 5 rings (SSSR count). The standard InChI is InChI=1S/C31H34F4O/c1-2-3-19-4-9-21(10-5-19)24-15-14-23(28(32)29(24)33)13-8-20-6-11-22(12-7-20)25-16-17-26(27-18-36-27)31(35)30(25)34/h2-3,8,13-17,19-22,27H,4-7,9-12,18H2,1H3/b3-2+,13-8+. The van der Waals surface area contributed by atoms with Crippen molar-refractivity contribution in [2.24, 2.45) is 11.8 Å².